The molecular formula is C15H16O3S. The standard InChI is InChI=1S/C15H16O3S/c1-10(15(16)17)13-5-3-12(4-6-13)9-19-14-7-8-18-11(14)2/h3-8,10H,9H2,1-2H3,(H,16,17). The number of aliphatic carboxylic acids is 1. The van der Waals surface area contributed by atoms with E-state index in [2.05, 4.69) is 0 Å². The summed E-state index contributed by atoms with van der Waals surface area (Å²) in [6.45, 7) is 3.64. The Kier molecular flexibility index (Phi) is 4.32. The molecule has 1 N–H and O–H groups in total. The maximum absolute atomic E-state index is 10.9. The summed E-state index contributed by atoms with van der Waals surface area (Å²) in [6.07, 6.45) is 1.69. The molecule has 19 heavy (non-hydrogen) atoms. The molecule has 0 saturated carbocycles. The van der Waals surface area contributed by atoms with Gasteiger partial charge in [0.15, 0.2) is 0 Å². The third kappa shape index (κ3) is 3.41. The number of hydrogen-bond acceptors (Lipinski definition) is 3. The van der Waals surface area contributed by atoms with E-state index >= 15 is 0 Å². The lowest BCUT2D eigenvalue weighted by atomic mass is 10.0. The maximum atomic E-state index is 10.9. The minimum Gasteiger partial charge on any atom is -0.481 e. The van der Waals surface area contributed by atoms with E-state index in [9.17, 15) is 4.79 Å². The molecule has 1 unspecified atom stereocenters. The molecule has 4 heteroatoms. The van der Waals surface area contributed by atoms with E-state index in [0.29, 0.717) is 0 Å². The van der Waals surface area contributed by atoms with Crippen LogP contribution < -0.4 is 0 Å². The van der Waals surface area contributed by atoms with Gasteiger partial charge in [0.2, 0.25) is 0 Å². The average Bonchev–Trinajstić information content (AvgIpc) is 2.81. The van der Waals surface area contributed by atoms with E-state index < -0.39 is 11.9 Å². The highest BCUT2D eigenvalue weighted by atomic mass is 32.2. The van der Waals surface area contributed by atoms with Crippen LogP contribution in [-0.4, -0.2) is 11.1 Å². The van der Waals surface area contributed by atoms with E-state index in [1.54, 1.807) is 24.9 Å². The van der Waals surface area contributed by atoms with E-state index in [0.717, 1.165) is 22.0 Å². The van der Waals surface area contributed by atoms with Crippen molar-refractivity contribution in [1.29, 1.82) is 0 Å². The lowest BCUT2D eigenvalue weighted by Crippen LogP contribution is -2.07. The molecule has 0 aliphatic carbocycles. The summed E-state index contributed by atoms with van der Waals surface area (Å²) in [5, 5.41) is 8.95. The molecule has 0 amide bonds. The number of carboxylic acids is 1. The number of rotatable bonds is 5. The van der Waals surface area contributed by atoms with Crippen LogP contribution in [0.5, 0.6) is 0 Å². The van der Waals surface area contributed by atoms with Gasteiger partial charge in [-0.3, -0.25) is 4.79 Å². The van der Waals surface area contributed by atoms with Gasteiger partial charge in [0.1, 0.15) is 5.76 Å². The molecule has 1 aromatic carbocycles. The second-order valence-corrected chi connectivity index (χ2v) is 5.45. The SMILES string of the molecule is Cc1occc1SCc1ccc(C(C)C(=O)O)cc1. The van der Waals surface area contributed by atoms with Crippen molar-refractivity contribution in [2.75, 3.05) is 0 Å². The zero-order valence-corrected chi connectivity index (χ0v) is 11.7. The molecule has 3 nitrogen and oxygen atoms in total. The summed E-state index contributed by atoms with van der Waals surface area (Å²) in [6, 6.07) is 9.70. The molecule has 0 bridgehead atoms. The van der Waals surface area contributed by atoms with Gasteiger partial charge < -0.3 is 9.52 Å². The van der Waals surface area contributed by atoms with Gasteiger partial charge in [-0.1, -0.05) is 24.3 Å². The predicted molar refractivity (Wildman–Crippen MR) is 75.5 cm³/mol. The minimum absolute atomic E-state index is 0.460. The van der Waals surface area contributed by atoms with Gasteiger partial charge in [0.05, 0.1) is 12.2 Å². The Balaban J connectivity index is 1.99. The topological polar surface area (TPSA) is 50.4 Å². The monoisotopic (exact) mass is 276 g/mol. The van der Waals surface area contributed by atoms with Crippen LogP contribution in [-0.2, 0) is 10.5 Å². The maximum Gasteiger partial charge on any atom is 0.310 e. The first-order chi connectivity index (χ1) is 9.08. The summed E-state index contributed by atoms with van der Waals surface area (Å²) in [5.41, 5.74) is 2.01. The number of aryl methyl sites for hydroxylation is 1. The van der Waals surface area contributed by atoms with E-state index in [-0.39, 0.29) is 0 Å². The molecule has 0 fully saturated rings. The van der Waals surface area contributed by atoms with Crippen molar-refractivity contribution in [3.05, 3.63) is 53.5 Å². The summed E-state index contributed by atoms with van der Waals surface area (Å²) in [7, 11) is 0. The van der Waals surface area contributed by atoms with Crippen LogP contribution in [0.15, 0.2) is 45.9 Å². The van der Waals surface area contributed by atoms with Crippen LogP contribution in [0.4, 0.5) is 0 Å². The number of carbonyl (C=O) groups is 1. The number of thioether (sulfide) groups is 1. The van der Waals surface area contributed by atoms with Crippen molar-refractivity contribution in [1.82, 2.24) is 0 Å². The Hall–Kier alpha value is -1.68. The van der Waals surface area contributed by atoms with Crippen molar-refractivity contribution in [2.45, 2.75) is 30.4 Å². The van der Waals surface area contributed by atoms with E-state index in [1.165, 1.54) is 5.56 Å². The van der Waals surface area contributed by atoms with Crippen molar-refractivity contribution in [3.8, 4) is 0 Å². The van der Waals surface area contributed by atoms with Gasteiger partial charge in [0, 0.05) is 10.6 Å². The van der Waals surface area contributed by atoms with Gasteiger partial charge in [-0.25, -0.2) is 0 Å². The smallest absolute Gasteiger partial charge is 0.310 e. The average molecular weight is 276 g/mol. The zero-order chi connectivity index (χ0) is 13.8. The van der Waals surface area contributed by atoms with Gasteiger partial charge >= 0.3 is 5.97 Å². The van der Waals surface area contributed by atoms with Crippen molar-refractivity contribution in [2.24, 2.45) is 0 Å². The summed E-state index contributed by atoms with van der Waals surface area (Å²) in [5.74, 6) is 0.525. The van der Waals surface area contributed by atoms with Crippen LogP contribution >= 0.6 is 11.8 Å². The Labute approximate surface area is 116 Å². The van der Waals surface area contributed by atoms with Crippen LogP contribution in [0, 0.1) is 6.92 Å². The van der Waals surface area contributed by atoms with Crippen molar-refractivity contribution < 1.29 is 14.3 Å². The lowest BCUT2D eigenvalue weighted by Gasteiger charge is -2.07. The molecule has 100 valence electrons. The quantitative estimate of drug-likeness (QED) is 0.836. The molecule has 0 spiro atoms. The highest BCUT2D eigenvalue weighted by Crippen LogP contribution is 2.27. The van der Waals surface area contributed by atoms with Crippen molar-refractivity contribution in [3.63, 3.8) is 0 Å². The summed E-state index contributed by atoms with van der Waals surface area (Å²) >= 11 is 1.72. The molecule has 0 radical (unpaired) electrons. The van der Waals surface area contributed by atoms with E-state index in [1.807, 2.05) is 37.3 Å². The molecule has 0 aliphatic rings. The first kappa shape index (κ1) is 13.7. The second-order valence-electron chi connectivity index (χ2n) is 4.43. The third-order valence-corrected chi connectivity index (χ3v) is 4.27. The molecule has 1 atom stereocenters. The molecule has 2 aromatic rings. The largest absolute Gasteiger partial charge is 0.481 e. The number of benzene rings is 1. The Bertz CT molecular complexity index is 557. The Morgan fingerprint density at radius 1 is 1.32 bits per heavy atom. The first-order valence-electron chi connectivity index (χ1n) is 6.06. The summed E-state index contributed by atoms with van der Waals surface area (Å²) < 4.78 is 5.24. The fourth-order valence-electron chi connectivity index (χ4n) is 1.73. The molecule has 1 heterocycles. The molecule has 0 aliphatic heterocycles. The number of carboxylic acid groups (broad SMARTS) is 1. The number of hydrogen-bond donors (Lipinski definition) is 1. The van der Waals surface area contributed by atoms with Crippen LogP contribution in [0.25, 0.3) is 0 Å². The van der Waals surface area contributed by atoms with E-state index in [4.69, 9.17) is 9.52 Å². The van der Waals surface area contributed by atoms with Crippen LogP contribution in [0.1, 0.15) is 29.7 Å². The van der Waals surface area contributed by atoms with Gasteiger partial charge in [0.25, 0.3) is 0 Å². The Morgan fingerprint density at radius 2 is 2.00 bits per heavy atom. The molecule has 0 saturated heterocycles. The van der Waals surface area contributed by atoms with Crippen molar-refractivity contribution >= 4 is 17.7 Å². The predicted octanol–water partition coefficient (Wildman–Crippen LogP) is 4.07. The summed E-state index contributed by atoms with van der Waals surface area (Å²) in [4.78, 5) is 12.0. The lowest BCUT2D eigenvalue weighted by molar-refractivity contribution is -0.138. The molecule has 1 aromatic heterocycles. The fraction of sp³-hybridized carbons (Fsp3) is 0.267. The zero-order valence-electron chi connectivity index (χ0n) is 10.9. The molecule has 2 rings (SSSR count). The fourth-order valence-corrected chi connectivity index (χ4v) is 2.65. The number of furan rings is 1. The highest BCUT2D eigenvalue weighted by Gasteiger charge is 2.13. The molecular weight excluding hydrogens is 260 g/mol. The van der Waals surface area contributed by atoms with Crippen LogP contribution in [0.3, 0.4) is 0 Å². The first-order valence-corrected chi connectivity index (χ1v) is 7.05. The van der Waals surface area contributed by atoms with Gasteiger partial charge in [-0.05, 0) is 31.0 Å². The van der Waals surface area contributed by atoms with Gasteiger partial charge in [-0.15, -0.1) is 11.8 Å². The third-order valence-electron chi connectivity index (χ3n) is 3.06. The highest BCUT2D eigenvalue weighted by molar-refractivity contribution is 7.98. The Morgan fingerprint density at radius 3 is 2.53 bits per heavy atom. The van der Waals surface area contributed by atoms with Crippen LogP contribution in [0.2, 0.25) is 0 Å². The van der Waals surface area contributed by atoms with Gasteiger partial charge in [-0.2, -0.15) is 0 Å². The second kappa shape index (κ2) is 5.97. The minimum atomic E-state index is -0.795. The normalized spacial score (nSPS) is 12.3.